The Bertz CT molecular complexity index is 527. The summed E-state index contributed by atoms with van der Waals surface area (Å²) in [5, 5.41) is 0. The summed E-state index contributed by atoms with van der Waals surface area (Å²) in [6.07, 6.45) is 2.35. The van der Waals surface area contributed by atoms with Crippen molar-refractivity contribution in [3.8, 4) is 0 Å². The summed E-state index contributed by atoms with van der Waals surface area (Å²) in [6, 6.07) is 0. The van der Waals surface area contributed by atoms with Crippen LogP contribution in [0.3, 0.4) is 0 Å². The molecule has 2 N–H and O–H groups in total. The Balaban J connectivity index is 3.61. The molecule has 0 aliphatic carbocycles. The first-order valence-corrected chi connectivity index (χ1v) is 11.2. The summed E-state index contributed by atoms with van der Waals surface area (Å²) in [6.45, 7) is 7.65. The lowest BCUT2D eigenvalue weighted by Crippen LogP contribution is -2.31. The second-order valence-corrected chi connectivity index (χ2v) is 11.4. The first-order chi connectivity index (χ1) is 11.2. The molecule has 0 radical (unpaired) electrons. The van der Waals surface area contributed by atoms with Crippen LogP contribution < -0.4 is 0 Å². The van der Waals surface area contributed by atoms with Crippen molar-refractivity contribution in [3.05, 3.63) is 0 Å². The number of hydrogen-bond donors (Lipinski definition) is 2. The van der Waals surface area contributed by atoms with Gasteiger partial charge < -0.3 is 9.47 Å². The van der Waals surface area contributed by atoms with Crippen LogP contribution in [-0.4, -0.2) is 61.9 Å². The molecule has 0 rings (SSSR count). The molecule has 25 heavy (non-hydrogen) atoms. The van der Waals surface area contributed by atoms with Crippen LogP contribution >= 0.6 is 0 Å². The zero-order valence-corrected chi connectivity index (χ0v) is 17.2. The largest absolute Gasteiger partial charge is 0.381 e. The van der Waals surface area contributed by atoms with Crippen molar-refractivity contribution in [2.75, 3.05) is 26.4 Å². The van der Waals surface area contributed by atoms with Crippen molar-refractivity contribution >= 4 is 20.2 Å². The van der Waals surface area contributed by atoms with Gasteiger partial charge in [-0.3, -0.25) is 9.11 Å². The third-order valence-electron chi connectivity index (χ3n) is 4.11. The van der Waals surface area contributed by atoms with Gasteiger partial charge in [-0.2, -0.15) is 16.8 Å². The van der Waals surface area contributed by atoms with E-state index in [1.165, 1.54) is 27.7 Å². The van der Waals surface area contributed by atoms with Gasteiger partial charge in [0.25, 0.3) is 20.2 Å². The van der Waals surface area contributed by atoms with E-state index >= 15 is 0 Å². The van der Waals surface area contributed by atoms with Gasteiger partial charge in [-0.25, -0.2) is 0 Å². The van der Waals surface area contributed by atoms with Crippen molar-refractivity contribution in [1.29, 1.82) is 0 Å². The van der Waals surface area contributed by atoms with Crippen LogP contribution in [0.1, 0.15) is 59.8 Å². The Hall–Kier alpha value is -0.260. The van der Waals surface area contributed by atoms with Gasteiger partial charge in [0.1, 0.15) is 0 Å². The molecule has 0 spiro atoms. The molecule has 0 aromatic rings. The van der Waals surface area contributed by atoms with E-state index in [1.807, 2.05) is 0 Å². The van der Waals surface area contributed by atoms with Crippen LogP contribution in [0.2, 0.25) is 0 Å². The molecule has 0 aliphatic rings. The highest BCUT2D eigenvalue weighted by atomic mass is 32.2. The molecule has 0 fully saturated rings. The van der Waals surface area contributed by atoms with Gasteiger partial charge in [0.15, 0.2) is 0 Å². The Morgan fingerprint density at radius 3 is 1.20 bits per heavy atom. The van der Waals surface area contributed by atoms with Gasteiger partial charge >= 0.3 is 0 Å². The van der Waals surface area contributed by atoms with E-state index in [0.717, 1.165) is 0 Å². The van der Waals surface area contributed by atoms with E-state index < -0.39 is 29.7 Å². The molecule has 0 amide bonds. The second kappa shape index (κ2) is 10.2. The van der Waals surface area contributed by atoms with Gasteiger partial charge in [0.2, 0.25) is 0 Å². The van der Waals surface area contributed by atoms with Crippen LogP contribution in [0, 0.1) is 0 Å². The molecule has 152 valence electrons. The molecule has 0 bridgehead atoms. The van der Waals surface area contributed by atoms with Crippen LogP contribution in [0.5, 0.6) is 0 Å². The average molecular weight is 405 g/mol. The van der Waals surface area contributed by atoms with Crippen molar-refractivity contribution in [1.82, 2.24) is 0 Å². The summed E-state index contributed by atoms with van der Waals surface area (Å²) < 4.78 is 71.0. The molecule has 0 aliphatic heterocycles. The Kier molecular flexibility index (Phi) is 10.1. The fourth-order valence-electron chi connectivity index (χ4n) is 1.93. The van der Waals surface area contributed by atoms with Gasteiger partial charge in [0.05, 0.1) is 9.49 Å². The maximum atomic E-state index is 11.1. The van der Waals surface area contributed by atoms with E-state index in [1.54, 1.807) is 0 Å². The third-order valence-corrected chi connectivity index (χ3v) is 7.31. The number of rotatable bonds is 14. The first-order valence-electron chi connectivity index (χ1n) is 8.30. The van der Waals surface area contributed by atoms with E-state index in [2.05, 4.69) is 0 Å². The van der Waals surface area contributed by atoms with Gasteiger partial charge in [-0.15, -0.1) is 0 Å². The maximum absolute atomic E-state index is 11.1. The first kappa shape index (κ1) is 24.7. The van der Waals surface area contributed by atoms with Crippen LogP contribution in [0.4, 0.5) is 0 Å². The van der Waals surface area contributed by atoms with Crippen molar-refractivity contribution < 1.29 is 35.4 Å². The molecule has 0 heterocycles. The molecule has 10 heteroatoms. The molecular formula is C15H32O8S2. The SMILES string of the molecule is CC(C)(CCCOCCCOCCCC(C)(C)S(=O)(=O)O)S(=O)(=O)O. The minimum Gasteiger partial charge on any atom is -0.381 e. The lowest BCUT2D eigenvalue weighted by molar-refractivity contribution is 0.0784. The predicted molar refractivity (Wildman–Crippen MR) is 96.0 cm³/mol. The second-order valence-electron chi connectivity index (χ2n) is 7.25. The highest BCUT2D eigenvalue weighted by molar-refractivity contribution is 7.87. The number of ether oxygens (including phenoxy) is 2. The highest BCUT2D eigenvalue weighted by Crippen LogP contribution is 2.22. The van der Waals surface area contributed by atoms with Crippen molar-refractivity contribution in [2.24, 2.45) is 0 Å². The number of hydrogen-bond acceptors (Lipinski definition) is 6. The monoisotopic (exact) mass is 404 g/mol. The summed E-state index contributed by atoms with van der Waals surface area (Å²) in [7, 11) is -8.12. The van der Waals surface area contributed by atoms with Crippen molar-refractivity contribution in [3.63, 3.8) is 0 Å². The standard InChI is InChI=1S/C15H32O8S2/c1-14(2,24(16,17)18)8-5-10-22-12-7-13-23-11-6-9-15(3,4)25(19,20)21/h5-13H2,1-4H3,(H,16,17,18)(H,19,20,21). The molecule has 0 saturated carbocycles. The lowest BCUT2D eigenvalue weighted by atomic mass is 10.1. The minimum absolute atomic E-state index is 0.311. The molecular weight excluding hydrogens is 372 g/mol. The predicted octanol–water partition coefficient (Wildman–Crippen LogP) is 2.30. The summed E-state index contributed by atoms with van der Waals surface area (Å²) >= 11 is 0. The maximum Gasteiger partial charge on any atom is 0.270 e. The summed E-state index contributed by atoms with van der Waals surface area (Å²) in [5.41, 5.74) is 0. The molecule has 0 aromatic heterocycles. The third kappa shape index (κ3) is 9.86. The van der Waals surface area contributed by atoms with E-state index in [9.17, 15) is 16.8 Å². The average Bonchev–Trinajstić information content (AvgIpc) is 2.42. The molecule has 0 atom stereocenters. The zero-order chi connectivity index (χ0) is 19.8. The van der Waals surface area contributed by atoms with E-state index in [0.29, 0.717) is 58.5 Å². The highest BCUT2D eigenvalue weighted by Gasteiger charge is 2.32. The Labute approximate surface area is 151 Å². The quantitative estimate of drug-likeness (QED) is 0.333. The van der Waals surface area contributed by atoms with Crippen LogP contribution in [0.15, 0.2) is 0 Å². The van der Waals surface area contributed by atoms with E-state index in [4.69, 9.17) is 18.6 Å². The molecule has 0 saturated heterocycles. The lowest BCUT2D eigenvalue weighted by Gasteiger charge is -2.20. The molecule has 0 unspecified atom stereocenters. The summed E-state index contributed by atoms with van der Waals surface area (Å²) in [4.78, 5) is 0. The topological polar surface area (TPSA) is 127 Å². The zero-order valence-electron chi connectivity index (χ0n) is 15.5. The molecule has 0 aromatic carbocycles. The van der Waals surface area contributed by atoms with Gasteiger partial charge in [0, 0.05) is 26.4 Å². The summed E-state index contributed by atoms with van der Waals surface area (Å²) in [5.74, 6) is 0. The fourth-order valence-corrected chi connectivity index (χ4v) is 2.73. The van der Waals surface area contributed by atoms with E-state index in [-0.39, 0.29) is 0 Å². The van der Waals surface area contributed by atoms with Gasteiger partial charge in [-0.1, -0.05) is 0 Å². The Morgan fingerprint density at radius 2 is 0.920 bits per heavy atom. The Morgan fingerprint density at radius 1 is 0.640 bits per heavy atom. The smallest absolute Gasteiger partial charge is 0.270 e. The van der Waals surface area contributed by atoms with Crippen molar-refractivity contribution in [2.45, 2.75) is 69.3 Å². The van der Waals surface area contributed by atoms with Gasteiger partial charge in [-0.05, 0) is 59.8 Å². The van der Waals surface area contributed by atoms with Crippen LogP contribution in [0.25, 0.3) is 0 Å². The normalized spacial score (nSPS) is 14.0. The fraction of sp³-hybridized carbons (Fsp3) is 1.00. The van der Waals surface area contributed by atoms with Crippen LogP contribution in [-0.2, 0) is 29.7 Å². The minimum atomic E-state index is -4.06. The molecule has 8 nitrogen and oxygen atoms in total.